The second-order valence-electron chi connectivity index (χ2n) is 6.12. The van der Waals surface area contributed by atoms with Crippen LogP contribution in [0.5, 0.6) is 0 Å². The molecular formula is C19H18FN3O4. The van der Waals surface area contributed by atoms with Gasteiger partial charge in [-0.05, 0) is 18.2 Å². The van der Waals surface area contributed by atoms with Gasteiger partial charge >= 0.3 is 0 Å². The van der Waals surface area contributed by atoms with Crippen molar-refractivity contribution in [3.05, 3.63) is 65.3 Å². The Morgan fingerprint density at radius 3 is 2.70 bits per heavy atom. The van der Waals surface area contributed by atoms with Crippen LogP contribution in [-0.2, 0) is 9.47 Å². The van der Waals surface area contributed by atoms with E-state index in [1.165, 1.54) is 31.4 Å². The molecule has 0 saturated heterocycles. The van der Waals surface area contributed by atoms with E-state index in [0.717, 1.165) is 0 Å². The van der Waals surface area contributed by atoms with Crippen molar-refractivity contribution in [2.45, 2.75) is 12.3 Å². The maximum atomic E-state index is 14.7. The molecule has 8 heteroatoms. The Morgan fingerprint density at radius 1 is 1.26 bits per heavy atom. The third kappa shape index (κ3) is 2.83. The molecule has 1 unspecified atom stereocenters. The van der Waals surface area contributed by atoms with E-state index in [4.69, 9.17) is 13.9 Å². The van der Waals surface area contributed by atoms with E-state index in [2.05, 4.69) is 10.2 Å². The summed E-state index contributed by atoms with van der Waals surface area (Å²) in [5, 5.41) is 7.02. The van der Waals surface area contributed by atoms with Crippen LogP contribution in [0, 0.1) is 5.82 Å². The summed E-state index contributed by atoms with van der Waals surface area (Å²) < 4.78 is 30.6. The van der Waals surface area contributed by atoms with Crippen LogP contribution in [-0.4, -0.2) is 48.1 Å². The van der Waals surface area contributed by atoms with Crippen molar-refractivity contribution in [1.82, 2.24) is 15.1 Å². The number of carbonyl (C=O) groups excluding carboxylic acids is 1. The Bertz CT molecular complexity index is 950. The molecule has 0 fully saturated rings. The predicted octanol–water partition coefficient (Wildman–Crippen LogP) is 2.97. The van der Waals surface area contributed by atoms with E-state index in [1.54, 1.807) is 30.3 Å². The van der Waals surface area contributed by atoms with Crippen molar-refractivity contribution in [2.75, 3.05) is 20.8 Å². The van der Waals surface area contributed by atoms with E-state index in [1.807, 2.05) is 0 Å². The minimum atomic E-state index is -0.680. The molecule has 3 heterocycles. The lowest BCUT2D eigenvalue weighted by atomic mass is 9.97. The van der Waals surface area contributed by atoms with Gasteiger partial charge in [-0.2, -0.15) is 5.10 Å². The van der Waals surface area contributed by atoms with Crippen molar-refractivity contribution < 1.29 is 23.1 Å². The van der Waals surface area contributed by atoms with Crippen LogP contribution in [0.25, 0.3) is 11.5 Å². The monoisotopic (exact) mass is 371 g/mol. The van der Waals surface area contributed by atoms with Crippen LogP contribution < -0.4 is 0 Å². The number of ether oxygens (including phenoxy) is 2. The number of halogens is 1. The van der Waals surface area contributed by atoms with E-state index >= 15 is 0 Å². The van der Waals surface area contributed by atoms with E-state index in [0.29, 0.717) is 22.6 Å². The second-order valence-corrected chi connectivity index (χ2v) is 6.12. The van der Waals surface area contributed by atoms with Gasteiger partial charge in [0, 0.05) is 25.3 Å². The van der Waals surface area contributed by atoms with Crippen molar-refractivity contribution >= 4 is 5.91 Å². The first-order chi connectivity index (χ1) is 13.2. The molecule has 0 aliphatic carbocycles. The fourth-order valence-corrected chi connectivity index (χ4v) is 3.41. The highest BCUT2D eigenvalue weighted by Crippen LogP contribution is 2.43. The summed E-state index contributed by atoms with van der Waals surface area (Å²) in [6, 6.07) is 9.18. The van der Waals surface area contributed by atoms with Gasteiger partial charge in [0.1, 0.15) is 11.5 Å². The van der Waals surface area contributed by atoms with Gasteiger partial charge in [-0.25, -0.2) is 4.39 Å². The SMILES string of the molecule is COC(CN1C(=O)c2n[nH]c(-c3ccco3)c2C1c1ccccc1F)OC. The molecule has 1 aliphatic heterocycles. The van der Waals surface area contributed by atoms with Gasteiger partial charge in [0.05, 0.1) is 18.8 Å². The van der Waals surface area contributed by atoms with Gasteiger partial charge in [0.2, 0.25) is 0 Å². The number of aromatic nitrogens is 2. The lowest BCUT2D eigenvalue weighted by Crippen LogP contribution is -2.38. The highest BCUT2D eigenvalue weighted by Gasteiger charge is 2.44. The molecule has 1 atom stereocenters. The van der Waals surface area contributed by atoms with Gasteiger partial charge in [-0.3, -0.25) is 9.89 Å². The molecule has 0 bridgehead atoms. The summed E-state index contributed by atoms with van der Waals surface area (Å²) >= 11 is 0. The van der Waals surface area contributed by atoms with Gasteiger partial charge in [0.15, 0.2) is 17.7 Å². The first-order valence-electron chi connectivity index (χ1n) is 8.38. The number of amides is 1. The number of carbonyl (C=O) groups is 1. The number of nitrogens with zero attached hydrogens (tertiary/aromatic N) is 2. The van der Waals surface area contributed by atoms with Gasteiger partial charge in [-0.1, -0.05) is 18.2 Å². The van der Waals surface area contributed by atoms with Crippen molar-refractivity contribution in [3.8, 4) is 11.5 Å². The Hall–Kier alpha value is -2.97. The maximum Gasteiger partial charge on any atom is 0.275 e. The minimum Gasteiger partial charge on any atom is -0.463 e. The molecule has 27 heavy (non-hydrogen) atoms. The number of furan rings is 1. The molecule has 1 aromatic carbocycles. The zero-order valence-electron chi connectivity index (χ0n) is 14.8. The Kier molecular flexibility index (Phi) is 4.51. The molecule has 2 aromatic heterocycles. The number of rotatable bonds is 6. The second kappa shape index (κ2) is 6.98. The summed E-state index contributed by atoms with van der Waals surface area (Å²) in [7, 11) is 2.97. The fourth-order valence-electron chi connectivity index (χ4n) is 3.41. The summed E-state index contributed by atoms with van der Waals surface area (Å²) in [5.41, 5.74) is 1.72. The van der Waals surface area contributed by atoms with Crippen LogP contribution in [0.2, 0.25) is 0 Å². The summed E-state index contributed by atoms with van der Waals surface area (Å²) in [6.45, 7) is 0.124. The summed E-state index contributed by atoms with van der Waals surface area (Å²) in [6.07, 6.45) is 0.879. The van der Waals surface area contributed by atoms with Crippen LogP contribution >= 0.6 is 0 Å². The summed E-state index contributed by atoms with van der Waals surface area (Å²) in [5.74, 6) is -0.215. The Labute approximate surface area is 154 Å². The molecule has 1 aliphatic rings. The largest absolute Gasteiger partial charge is 0.463 e. The number of H-pyrrole nitrogens is 1. The highest BCUT2D eigenvalue weighted by atomic mass is 19.1. The normalized spacial score (nSPS) is 16.4. The lowest BCUT2D eigenvalue weighted by molar-refractivity contribution is -0.113. The third-order valence-electron chi connectivity index (χ3n) is 4.69. The molecule has 1 N–H and O–H groups in total. The molecule has 1 amide bonds. The van der Waals surface area contributed by atoms with Crippen LogP contribution in [0.4, 0.5) is 4.39 Å². The number of methoxy groups -OCH3 is 2. The third-order valence-corrected chi connectivity index (χ3v) is 4.69. The number of aromatic amines is 1. The molecular weight excluding hydrogens is 353 g/mol. The average Bonchev–Trinajstić information content (AvgIpc) is 3.39. The van der Waals surface area contributed by atoms with Crippen molar-refractivity contribution in [2.24, 2.45) is 0 Å². The number of benzene rings is 1. The standard InChI is InChI=1S/C19H18FN3O4/c1-25-14(26-2)10-23-18(11-6-3-4-7-12(11)20)15-16(13-8-5-9-27-13)21-22-17(15)19(23)24/h3-9,14,18H,10H2,1-2H3,(H,21,22). The van der Waals surface area contributed by atoms with Crippen molar-refractivity contribution in [1.29, 1.82) is 0 Å². The van der Waals surface area contributed by atoms with Crippen molar-refractivity contribution in [3.63, 3.8) is 0 Å². The predicted molar refractivity (Wildman–Crippen MR) is 93.4 cm³/mol. The lowest BCUT2D eigenvalue weighted by Gasteiger charge is -2.29. The smallest absolute Gasteiger partial charge is 0.275 e. The maximum absolute atomic E-state index is 14.7. The van der Waals surface area contributed by atoms with Crippen LogP contribution in [0.3, 0.4) is 0 Å². The molecule has 0 radical (unpaired) electrons. The van der Waals surface area contributed by atoms with Gasteiger partial charge in [0.25, 0.3) is 5.91 Å². The molecule has 140 valence electrons. The van der Waals surface area contributed by atoms with E-state index in [9.17, 15) is 9.18 Å². The zero-order chi connectivity index (χ0) is 19.0. The minimum absolute atomic E-state index is 0.124. The fraction of sp³-hybridized carbons (Fsp3) is 0.263. The summed E-state index contributed by atoms with van der Waals surface area (Å²) in [4.78, 5) is 14.5. The number of fused-ring (bicyclic) bond motifs is 1. The Morgan fingerprint density at radius 2 is 2.04 bits per heavy atom. The zero-order valence-corrected chi connectivity index (χ0v) is 14.8. The highest BCUT2D eigenvalue weighted by molar-refractivity contribution is 6.00. The molecule has 0 saturated carbocycles. The molecule has 4 rings (SSSR count). The number of nitrogens with one attached hydrogen (secondary N) is 1. The Balaban J connectivity index is 1.86. The number of hydrogen-bond donors (Lipinski definition) is 1. The topological polar surface area (TPSA) is 80.6 Å². The van der Waals surface area contributed by atoms with E-state index in [-0.39, 0.29) is 18.1 Å². The van der Waals surface area contributed by atoms with Crippen LogP contribution in [0.1, 0.15) is 27.7 Å². The first kappa shape index (κ1) is 17.4. The van der Waals surface area contributed by atoms with Crippen LogP contribution in [0.15, 0.2) is 47.1 Å². The quantitative estimate of drug-likeness (QED) is 0.674. The average molecular weight is 371 g/mol. The van der Waals surface area contributed by atoms with E-state index < -0.39 is 18.1 Å². The van der Waals surface area contributed by atoms with Gasteiger partial charge < -0.3 is 18.8 Å². The molecule has 7 nitrogen and oxygen atoms in total. The number of hydrogen-bond acceptors (Lipinski definition) is 5. The van der Waals surface area contributed by atoms with Gasteiger partial charge in [-0.15, -0.1) is 0 Å². The molecule has 3 aromatic rings. The first-order valence-corrected chi connectivity index (χ1v) is 8.38. The molecule has 0 spiro atoms.